The lowest BCUT2D eigenvalue weighted by Crippen LogP contribution is -2.15. The highest BCUT2D eigenvalue weighted by molar-refractivity contribution is 5.97. The van der Waals surface area contributed by atoms with Gasteiger partial charge in [-0.25, -0.2) is 0 Å². The van der Waals surface area contributed by atoms with Gasteiger partial charge in [0, 0.05) is 5.92 Å². The van der Waals surface area contributed by atoms with Crippen LogP contribution in [0.4, 0.5) is 0 Å². The van der Waals surface area contributed by atoms with Gasteiger partial charge in [0.1, 0.15) is 0 Å². The molecule has 0 saturated heterocycles. The summed E-state index contributed by atoms with van der Waals surface area (Å²) in [4.78, 5) is 21.2. The molecule has 0 aliphatic carbocycles. The molecule has 3 heteroatoms. The van der Waals surface area contributed by atoms with E-state index in [0.29, 0.717) is 5.57 Å². The molecule has 0 heterocycles. The number of carboxylic acid groups (broad SMARTS) is 1. The molecule has 0 aliphatic rings. The highest BCUT2D eigenvalue weighted by Gasteiger charge is 2.16. The van der Waals surface area contributed by atoms with Crippen LogP contribution in [-0.2, 0) is 9.59 Å². The number of hydrogen-bond acceptors (Lipinski definition) is 2. The average Bonchev–Trinajstić information content (AvgIpc) is 1.84. The summed E-state index contributed by atoms with van der Waals surface area (Å²) in [5, 5.41) is 8.33. The minimum Gasteiger partial charge on any atom is -0.481 e. The van der Waals surface area contributed by atoms with Crippen LogP contribution < -0.4 is 0 Å². The van der Waals surface area contributed by atoms with Crippen LogP contribution in [0.25, 0.3) is 0 Å². The van der Waals surface area contributed by atoms with Crippen molar-refractivity contribution in [1.82, 2.24) is 0 Å². The molecule has 0 spiro atoms. The van der Waals surface area contributed by atoms with Crippen molar-refractivity contribution < 1.29 is 14.7 Å². The Labute approximate surface area is 65.7 Å². The summed E-state index contributed by atoms with van der Waals surface area (Å²) in [5.74, 6) is -1.58. The lowest BCUT2D eigenvalue weighted by atomic mass is 9.98. The smallest absolute Gasteiger partial charge is 0.304 e. The quantitative estimate of drug-likeness (QED) is 0.623. The molecule has 0 fully saturated rings. The number of rotatable bonds is 4. The minimum atomic E-state index is -0.952. The number of carbonyl (C=O) groups is 2. The van der Waals surface area contributed by atoms with Gasteiger partial charge >= 0.3 is 5.97 Å². The topological polar surface area (TPSA) is 54.4 Å². The highest BCUT2D eigenvalue weighted by Crippen LogP contribution is 2.08. The zero-order chi connectivity index (χ0) is 9.02. The van der Waals surface area contributed by atoms with Gasteiger partial charge in [0.15, 0.2) is 5.78 Å². The summed E-state index contributed by atoms with van der Waals surface area (Å²) in [5.41, 5.74) is 0.416. The standard InChI is InChI=1S/C8H12O3/c1-5(2)8(11)6(3)4-7(9)10/h6H,1,4H2,2-3H3,(H,9,10). The van der Waals surface area contributed by atoms with E-state index in [9.17, 15) is 9.59 Å². The highest BCUT2D eigenvalue weighted by atomic mass is 16.4. The minimum absolute atomic E-state index is 0.119. The van der Waals surface area contributed by atoms with E-state index in [2.05, 4.69) is 6.58 Å². The van der Waals surface area contributed by atoms with Crippen molar-refractivity contribution in [3.8, 4) is 0 Å². The van der Waals surface area contributed by atoms with Gasteiger partial charge in [-0.05, 0) is 12.5 Å². The molecular formula is C8H12O3. The summed E-state index contributed by atoms with van der Waals surface area (Å²) in [6.07, 6.45) is -0.119. The summed E-state index contributed by atoms with van der Waals surface area (Å²) < 4.78 is 0. The van der Waals surface area contributed by atoms with Gasteiger partial charge in [0.25, 0.3) is 0 Å². The molecular weight excluding hydrogens is 144 g/mol. The van der Waals surface area contributed by atoms with Gasteiger partial charge in [-0.15, -0.1) is 0 Å². The molecule has 0 amide bonds. The third-order valence-electron chi connectivity index (χ3n) is 1.35. The number of Topliss-reactive ketones (excluding diaryl/α,β-unsaturated/α-hetero) is 1. The van der Waals surface area contributed by atoms with Crippen molar-refractivity contribution in [2.24, 2.45) is 5.92 Å². The van der Waals surface area contributed by atoms with Gasteiger partial charge in [0.2, 0.25) is 0 Å². The summed E-state index contributed by atoms with van der Waals surface area (Å²) in [6, 6.07) is 0. The Morgan fingerprint density at radius 1 is 1.55 bits per heavy atom. The van der Waals surface area contributed by atoms with E-state index in [1.807, 2.05) is 0 Å². The van der Waals surface area contributed by atoms with E-state index < -0.39 is 11.9 Å². The van der Waals surface area contributed by atoms with Crippen molar-refractivity contribution in [1.29, 1.82) is 0 Å². The zero-order valence-electron chi connectivity index (χ0n) is 6.76. The predicted octanol–water partition coefficient (Wildman–Crippen LogP) is 1.24. The molecule has 11 heavy (non-hydrogen) atoms. The van der Waals surface area contributed by atoms with E-state index in [0.717, 1.165) is 0 Å². The second-order valence-electron chi connectivity index (χ2n) is 2.64. The van der Waals surface area contributed by atoms with E-state index in [1.54, 1.807) is 13.8 Å². The Morgan fingerprint density at radius 2 is 2.00 bits per heavy atom. The maximum atomic E-state index is 11.0. The van der Waals surface area contributed by atoms with Gasteiger partial charge < -0.3 is 5.11 Å². The van der Waals surface area contributed by atoms with Crippen molar-refractivity contribution >= 4 is 11.8 Å². The van der Waals surface area contributed by atoms with E-state index in [4.69, 9.17) is 5.11 Å². The lowest BCUT2D eigenvalue weighted by molar-refractivity contribution is -0.139. The van der Waals surface area contributed by atoms with Crippen molar-refractivity contribution in [2.45, 2.75) is 20.3 Å². The molecule has 0 aromatic carbocycles. The molecule has 0 rings (SSSR count). The molecule has 1 unspecified atom stereocenters. The second-order valence-corrected chi connectivity index (χ2v) is 2.64. The fourth-order valence-electron chi connectivity index (χ4n) is 0.775. The van der Waals surface area contributed by atoms with E-state index in [-0.39, 0.29) is 12.2 Å². The number of allylic oxidation sites excluding steroid dienone is 1. The van der Waals surface area contributed by atoms with Gasteiger partial charge in [-0.2, -0.15) is 0 Å². The Kier molecular flexibility index (Phi) is 3.51. The molecule has 0 aromatic rings. The molecule has 1 atom stereocenters. The molecule has 0 aromatic heterocycles. The molecule has 0 bridgehead atoms. The zero-order valence-corrected chi connectivity index (χ0v) is 6.76. The van der Waals surface area contributed by atoms with Crippen LogP contribution in [0.15, 0.2) is 12.2 Å². The van der Waals surface area contributed by atoms with Crippen LogP contribution >= 0.6 is 0 Å². The summed E-state index contributed by atoms with van der Waals surface area (Å²) >= 11 is 0. The fraction of sp³-hybridized carbons (Fsp3) is 0.500. The van der Waals surface area contributed by atoms with E-state index in [1.165, 1.54) is 0 Å². The van der Waals surface area contributed by atoms with Crippen LogP contribution in [0.3, 0.4) is 0 Å². The maximum Gasteiger partial charge on any atom is 0.304 e. The number of carbonyl (C=O) groups excluding carboxylic acids is 1. The van der Waals surface area contributed by atoms with Crippen LogP contribution in [-0.4, -0.2) is 16.9 Å². The Balaban J connectivity index is 4.03. The van der Waals surface area contributed by atoms with Crippen molar-refractivity contribution in [3.05, 3.63) is 12.2 Å². The van der Waals surface area contributed by atoms with Crippen molar-refractivity contribution in [2.75, 3.05) is 0 Å². The summed E-state index contributed by atoms with van der Waals surface area (Å²) in [6.45, 7) is 6.61. The SMILES string of the molecule is C=C(C)C(=O)C(C)CC(=O)O. The monoisotopic (exact) mass is 156 g/mol. The Morgan fingerprint density at radius 3 is 2.27 bits per heavy atom. The molecule has 0 radical (unpaired) electrons. The van der Waals surface area contributed by atoms with Crippen LogP contribution in [0.5, 0.6) is 0 Å². The number of hydrogen-bond donors (Lipinski definition) is 1. The first-order chi connectivity index (χ1) is 4.95. The van der Waals surface area contributed by atoms with E-state index >= 15 is 0 Å². The second kappa shape index (κ2) is 3.91. The average molecular weight is 156 g/mol. The fourth-order valence-corrected chi connectivity index (χ4v) is 0.775. The molecule has 0 aliphatic heterocycles. The first-order valence-corrected chi connectivity index (χ1v) is 3.36. The predicted molar refractivity (Wildman–Crippen MR) is 41.2 cm³/mol. The Hall–Kier alpha value is -1.12. The first-order valence-electron chi connectivity index (χ1n) is 3.36. The molecule has 0 saturated carbocycles. The number of carboxylic acids is 1. The summed E-state index contributed by atoms with van der Waals surface area (Å²) in [7, 11) is 0. The number of ketones is 1. The normalized spacial score (nSPS) is 12.2. The van der Waals surface area contributed by atoms with Crippen LogP contribution in [0.2, 0.25) is 0 Å². The lowest BCUT2D eigenvalue weighted by Gasteiger charge is -2.05. The van der Waals surface area contributed by atoms with Crippen LogP contribution in [0, 0.1) is 5.92 Å². The molecule has 62 valence electrons. The first kappa shape index (κ1) is 9.88. The van der Waals surface area contributed by atoms with Gasteiger partial charge in [0.05, 0.1) is 6.42 Å². The van der Waals surface area contributed by atoms with Crippen LogP contribution in [0.1, 0.15) is 20.3 Å². The largest absolute Gasteiger partial charge is 0.481 e. The third-order valence-corrected chi connectivity index (χ3v) is 1.35. The van der Waals surface area contributed by atoms with Gasteiger partial charge in [-0.1, -0.05) is 13.5 Å². The van der Waals surface area contributed by atoms with Gasteiger partial charge in [-0.3, -0.25) is 9.59 Å². The van der Waals surface area contributed by atoms with Crippen molar-refractivity contribution in [3.63, 3.8) is 0 Å². The molecule has 1 N–H and O–H groups in total. The number of aliphatic carboxylic acids is 1. The third kappa shape index (κ3) is 3.55. The Bertz CT molecular complexity index is 194. The molecule has 3 nitrogen and oxygen atoms in total. The maximum absolute atomic E-state index is 11.0.